The fourth-order valence-electron chi connectivity index (χ4n) is 2.02. The fourth-order valence-corrected chi connectivity index (χ4v) is 2.02. The molecule has 19 heavy (non-hydrogen) atoms. The molecule has 8 heteroatoms. The van der Waals surface area contributed by atoms with E-state index < -0.39 is 23.9 Å². The van der Waals surface area contributed by atoms with E-state index in [0.29, 0.717) is 13.0 Å². The molecular weight excluding hydrogens is 261 g/mol. The van der Waals surface area contributed by atoms with Crippen LogP contribution in [0.15, 0.2) is 6.07 Å². The third kappa shape index (κ3) is 3.06. The van der Waals surface area contributed by atoms with Gasteiger partial charge in [-0.25, -0.2) is 4.98 Å². The number of hydrogen-bond acceptors (Lipinski definition) is 5. The minimum Gasteiger partial charge on any atom is -0.391 e. The van der Waals surface area contributed by atoms with E-state index in [1.54, 1.807) is 4.90 Å². The Morgan fingerprint density at radius 2 is 2.11 bits per heavy atom. The number of halogens is 3. The molecule has 0 aromatic carbocycles. The van der Waals surface area contributed by atoms with Gasteiger partial charge in [0.15, 0.2) is 5.69 Å². The highest BCUT2D eigenvalue weighted by Gasteiger charge is 2.34. The molecule has 106 valence electrons. The predicted octanol–water partition coefficient (Wildman–Crippen LogP) is 1.28. The van der Waals surface area contributed by atoms with Crippen LogP contribution in [0.5, 0.6) is 0 Å². The number of aliphatic hydroxyl groups excluding tert-OH is 1. The van der Waals surface area contributed by atoms with Crippen molar-refractivity contribution in [1.29, 1.82) is 0 Å². The van der Waals surface area contributed by atoms with Crippen LogP contribution in [-0.4, -0.2) is 34.3 Å². The lowest BCUT2D eigenvalue weighted by molar-refractivity contribution is -0.141. The van der Waals surface area contributed by atoms with E-state index in [4.69, 9.17) is 5.73 Å². The first kappa shape index (κ1) is 13.9. The Labute approximate surface area is 108 Å². The van der Waals surface area contributed by atoms with Gasteiger partial charge in [-0.3, -0.25) is 0 Å². The zero-order valence-corrected chi connectivity index (χ0v) is 10.4. The number of aromatic nitrogens is 2. The number of alkyl halides is 3. The summed E-state index contributed by atoms with van der Waals surface area (Å²) in [6, 6.07) is 0.860. The summed E-state index contributed by atoms with van der Waals surface area (Å²) < 4.78 is 37.9. The number of anilines is 2. The zero-order valence-electron chi connectivity index (χ0n) is 10.4. The van der Waals surface area contributed by atoms with Crippen molar-refractivity contribution in [3.05, 3.63) is 11.8 Å². The van der Waals surface area contributed by atoms with Gasteiger partial charge in [0.05, 0.1) is 6.10 Å². The molecule has 1 aromatic rings. The molecule has 1 aliphatic heterocycles. The van der Waals surface area contributed by atoms with Gasteiger partial charge in [0.2, 0.25) is 5.95 Å². The van der Waals surface area contributed by atoms with Gasteiger partial charge in [0.1, 0.15) is 5.82 Å². The maximum atomic E-state index is 12.6. The summed E-state index contributed by atoms with van der Waals surface area (Å²) >= 11 is 0. The maximum Gasteiger partial charge on any atom is 0.433 e. The van der Waals surface area contributed by atoms with Gasteiger partial charge in [-0.15, -0.1) is 0 Å². The first-order valence-electron chi connectivity index (χ1n) is 5.92. The Morgan fingerprint density at radius 3 is 2.68 bits per heavy atom. The minimum absolute atomic E-state index is 0.103. The van der Waals surface area contributed by atoms with Gasteiger partial charge in [-0.05, 0) is 12.3 Å². The monoisotopic (exact) mass is 276 g/mol. The van der Waals surface area contributed by atoms with Gasteiger partial charge in [-0.2, -0.15) is 18.2 Å². The van der Waals surface area contributed by atoms with Crippen molar-refractivity contribution in [2.75, 3.05) is 23.7 Å². The summed E-state index contributed by atoms with van der Waals surface area (Å²) in [5.74, 6) is -0.193. The van der Waals surface area contributed by atoms with Crippen molar-refractivity contribution < 1.29 is 18.3 Å². The number of nitrogens with zero attached hydrogens (tertiary/aromatic N) is 3. The lowest BCUT2D eigenvalue weighted by atomic mass is 9.96. The summed E-state index contributed by atoms with van der Waals surface area (Å²) in [6.45, 7) is 2.68. The first-order valence-corrected chi connectivity index (χ1v) is 5.92. The molecule has 0 aliphatic carbocycles. The topological polar surface area (TPSA) is 75.3 Å². The predicted molar refractivity (Wildman–Crippen MR) is 63.4 cm³/mol. The second kappa shape index (κ2) is 4.84. The molecule has 2 heterocycles. The molecule has 0 amide bonds. The summed E-state index contributed by atoms with van der Waals surface area (Å²) in [7, 11) is 0. The largest absolute Gasteiger partial charge is 0.433 e. The average Bonchev–Trinajstić information content (AvgIpc) is 2.31. The first-order chi connectivity index (χ1) is 8.77. The van der Waals surface area contributed by atoms with Crippen LogP contribution in [-0.2, 0) is 6.18 Å². The van der Waals surface area contributed by atoms with E-state index in [-0.39, 0.29) is 18.3 Å². The van der Waals surface area contributed by atoms with Gasteiger partial charge >= 0.3 is 6.18 Å². The second-order valence-electron chi connectivity index (χ2n) is 4.75. The molecule has 2 atom stereocenters. The highest BCUT2D eigenvalue weighted by Crippen LogP contribution is 2.31. The van der Waals surface area contributed by atoms with Crippen LogP contribution in [0.25, 0.3) is 0 Å². The van der Waals surface area contributed by atoms with Crippen molar-refractivity contribution in [3.63, 3.8) is 0 Å². The highest BCUT2D eigenvalue weighted by atomic mass is 19.4. The molecule has 2 rings (SSSR count). The maximum absolute atomic E-state index is 12.6. The molecule has 3 N–H and O–H groups in total. The SMILES string of the molecule is CC1CCN(c2cc(C(F)(F)F)nc(N)n2)CC1O. The van der Waals surface area contributed by atoms with Crippen molar-refractivity contribution in [1.82, 2.24) is 9.97 Å². The van der Waals surface area contributed by atoms with Gasteiger partial charge in [0, 0.05) is 19.2 Å². The van der Waals surface area contributed by atoms with E-state index >= 15 is 0 Å². The molecule has 0 spiro atoms. The molecule has 5 nitrogen and oxygen atoms in total. The Balaban J connectivity index is 2.28. The van der Waals surface area contributed by atoms with Crippen molar-refractivity contribution >= 4 is 11.8 Å². The van der Waals surface area contributed by atoms with E-state index in [1.807, 2.05) is 6.92 Å². The summed E-state index contributed by atoms with van der Waals surface area (Å²) in [5, 5.41) is 9.77. The molecule has 2 unspecified atom stereocenters. The summed E-state index contributed by atoms with van der Waals surface area (Å²) in [4.78, 5) is 8.59. The number of β-amino-alcohol motifs (C(OH)–C–C–N with tert-alkyl or cyclic N) is 1. The average molecular weight is 276 g/mol. The van der Waals surface area contributed by atoms with E-state index in [9.17, 15) is 18.3 Å². The third-order valence-corrected chi connectivity index (χ3v) is 3.26. The van der Waals surface area contributed by atoms with Gasteiger partial charge < -0.3 is 15.7 Å². The molecule has 1 fully saturated rings. The van der Waals surface area contributed by atoms with E-state index in [0.717, 1.165) is 6.07 Å². The van der Waals surface area contributed by atoms with E-state index in [2.05, 4.69) is 9.97 Å². The van der Waals surface area contributed by atoms with Crippen molar-refractivity contribution in [3.8, 4) is 0 Å². The lowest BCUT2D eigenvalue weighted by Crippen LogP contribution is -2.43. The van der Waals surface area contributed by atoms with Crippen LogP contribution in [0.3, 0.4) is 0 Å². The fraction of sp³-hybridized carbons (Fsp3) is 0.636. The molecule has 0 saturated carbocycles. The third-order valence-electron chi connectivity index (χ3n) is 3.26. The molecular formula is C11H15F3N4O. The highest BCUT2D eigenvalue weighted by molar-refractivity contribution is 5.44. The Morgan fingerprint density at radius 1 is 1.42 bits per heavy atom. The van der Waals surface area contributed by atoms with Crippen LogP contribution in [0, 0.1) is 5.92 Å². The Hall–Kier alpha value is -1.57. The van der Waals surface area contributed by atoms with Gasteiger partial charge in [-0.1, -0.05) is 6.92 Å². The minimum atomic E-state index is -4.56. The number of piperidine rings is 1. The van der Waals surface area contributed by atoms with Gasteiger partial charge in [0.25, 0.3) is 0 Å². The smallest absolute Gasteiger partial charge is 0.391 e. The summed E-state index contributed by atoms with van der Waals surface area (Å²) in [6.07, 6.45) is -4.46. The molecule has 0 bridgehead atoms. The number of rotatable bonds is 1. The van der Waals surface area contributed by atoms with Crippen LogP contribution >= 0.6 is 0 Å². The normalized spacial score (nSPS) is 24.6. The molecule has 1 saturated heterocycles. The number of nitrogen functional groups attached to an aromatic ring is 1. The Kier molecular flexibility index (Phi) is 3.53. The molecule has 0 radical (unpaired) electrons. The zero-order chi connectivity index (χ0) is 14.2. The molecule has 1 aliphatic rings. The number of hydrogen-bond donors (Lipinski definition) is 2. The summed E-state index contributed by atoms with van der Waals surface area (Å²) in [5.41, 5.74) is 4.25. The second-order valence-corrected chi connectivity index (χ2v) is 4.75. The van der Waals surface area contributed by atoms with Crippen LogP contribution in [0.4, 0.5) is 24.9 Å². The Bertz CT molecular complexity index is 466. The lowest BCUT2D eigenvalue weighted by Gasteiger charge is -2.35. The number of nitrogens with two attached hydrogens (primary N) is 1. The van der Waals surface area contributed by atoms with Crippen LogP contribution < -0.4 is 10.6 Å². The number of aliphatic hydroxyl groups is 1. The standard InChI is InChI=1S/C11H15F3N4O/c1-6-2-3-18(5-7(6)19)9-4-8(11(12,13)14)16-10(15)17-9/h4,6-7,19H,2-3,5H2,1H3,(H2,15,16,17). The molecule has 1 aromatic heterocycles. The van der Waals surface area contributed by atoms with Crippen LogP contribution in [0.2, 0.25) is 0 Å². The van der Waals surface area contributed by atoms with Crippen molar-refractivity contribution in [2.24, 2.45) is 5.92 Å². The quantitative estimate of drug-likeness (QED) is 0.808. The van der Waals surface area contributed by atoms with E-state index in [1.165, 1.54) is 0 Å². The van der Waals surface area contributed by atoms with Crippen LogP contribution in [0.1, 0.15) is 19.0 Å². The van der Waals surface area contributed by atoms with Crippen molar-refractivity contribution in [2.45, 2.75) is 25.6 Å².